The van der Waals surface area contributed by atoms with Gasteiger partial charge in [-0.3, -0.25) is 4.90 Å². The molecule has 2 fully saturated rings. The molecule has 1 saturated carbocycles. The number of rotatable bonds is 4. The maximum absolute atomic E-state index is 3.83. The van der Waals surface area contributed by atoms with E-state index in [1.165, 1.54) is 49.9 Å². The summed E-state index contributed by atoms with van der Waals surface area (Å²) >= 11 is 2.00. The average molecular weight is 307 g/mol. The Kier molecular flexibility index (Phi) is 5.36. The number of nitrogens with one attached hydrogen (secondary N) is 1. The van der Waals surface area contributed by atoms with Crippen LogP contribution in [-0.2, 0) is 13.0 Å². The van der Waals surface area contributed by atoms with Gasteiger partial charge in [-0.25, -0.2) is 0 Å². The molecule has 2 aliphatic rings. The van der Waals surface area contributed by atoms with Gasteiger partial charge in [0.1, 0.15) is 0 Å². The van der Waals surface area contributed by atoms with Crippen molar-refractivity contribution in [2.45, 2.75) is 71.0 Å². The van der Waals surface area contributed by atoms with Gasteiger partial charge in [0.15, 0.2) is 0 Å². The molecule has 2 unspecified atom stereocenters. The molecule has 0 radical (unpaired) electrons. The molecule has 2 nitrogen and oxygen atoms in total. The lowest BCUT2D eigenvalue weighted by Gasteiger charge is -2.42. The first-order chi connectivity index (χ1) is 10.3. The van der Waals surface area contributed by atoms with E-state index < -0.39 is 0 Å². The topological polar surface area (TPSA) is 15.3 Å². The zero-order valence-electron chi connectivity index (χ0n) is 13.6. The number of aryl methyl sites for hydroxylation is 1. The fraction of sp³-hybridized carbons (Fsp3) is 0.778. The highest BCUT2D eigenvalue weighted by Gasteiger charge is 2.31. The number of hydrogen-bond acceptors (Lipinski definition) is 3. The summed E-state index contributed by atoms with van der Waals surface area (Å²) in [6.45, 7) is 8.18. The molecule has 1 aliphatic carbocycles. The fourth-order valence-electron chi connectivity index (χ4n) is 3.92. The van der Waals surface area contributed by atoms with Gasteiger partial charge in [-0.15, -0.1) is 11.3 Å². The van der Waals surface area contributed by atoms with E-state index >= 15 is 0 Å². The van der Waals surface area contributed by atoms with Crippen LogP contribution in [0.2, 0.25) is 0 Å². The van der Waals surface area contributed by atoms with Gasteiger partial charge in [0.2, 0.25) is 0 Å². The van der Waals surface area contributed by atoms with Crippen molar-refractivity contribution in [3.63, 3.8) is 0 Å². The highest BCUT2D eigenvalue weighted by molar-refractivity contribution is 7.11. The first kappa shape index (κ1) is 15.5. The van der Waals surface area contributed by atoms with Crippen LogP contribution in [0.1, 0.15) is 55.7 Å². The van der Waals surface area contributed by atoms with E-state index in [2.05, 4.69) is 36.2 Å². The van der Waals surface area contributed by atoms with E-state index in [1.54, 1.807) is 4.88 Å². The Morgan fingerprint density at radius 1 is 1.19 bits per heavy atom. The van der Waals surface area contributed by atoms with Crippen molar-refractivity contribution in [1.82, 2.24) is 10.2 Å². The summed E-state index contributed by atoms with van der Waals surface area (Å²) in [6.07, 6.45) is 8.41. The van der Waals surface area contributed by atoms with Crippen molar-refractivity contribution < 1.29 is 0 Å². The second kappa shape index (κ2) is 7.26. The second-order valence-electron chi connectivity index (χ2n) is 6.91. The minimum absolute atomic E-state index is 0.664. The van der Waals surface area contributed by atoms with Gasteiger partial charge in [-0.1, -0.05) is 26.2 Å². The lowest BCUT2D eigenvalue weighted by molar-refractivity contribution is 0.0990. The first-order valence-electron chi connectivity index (χ1n) is 8.81. The van der Waals surface area contributed by atoms with E-state index in [1.807, 2.05) is 11.3 Å². The molecule has 1 saturated heterocycles. The largest absolute Gasteiger partial charge is 0.311 e. The van der Waals surface area contributed by atoms with Crippen molar-refractivity contribution in [1.29, 1.82) is 0 Å². The van der Waals surface area contributed by atoms with Crippen LogP contribution in [0.5, 0.6) is 0 Å². The monoisotopic (exact) mass is 306 g/mol. The van der Waals surface area contributed by atoms with E-state index in [0.29, 0.717) is 6.04 Å². The summed E-state index contributed by atoms with van der Waals surface area (Å²) in [5.74, 6) is 0.920. The van der Waals surface area contributed by atoms with Crippen LogP contribution in [0.15, 0.2) is 12.1 Å². The summed E-state index contributed by atoms with van der Waals surface area (Å²) in [5, 5.41) is 3.83. The molecule has 21 heavy (non-hydrogen) atoms. The Labute approximate surface area is 133 Å². The summed E-state index contributed by atoms with van der Waals surface area (Å²) < 4.78 is 0. The summed E-state index contributed by atoms with van der Waals surface area (Å²) in [7, 11) is 0. The van der Waals surface area contributed by atoms with Crippen molar-refractivity contribution in [2.75, 3.05) is 13.1 Å². The van der Waals surface area contributed by atoms with Crippen LogP contribution in [0.4, 0.5) is 0 Å². The van der Waals surface area contributed by atoms with Crippen molar-refractivity contribution >= 4 is 11.3 Å². The molecule has 1 N–H and O–H groups in total. The van der Waals surface area contributed by atoms with Gasteiger partial charge in [-0.05, 0) is 44.2 Å². The van der Waals surface area contributed by atoms with E-state index in [4.69, 9.17) is 0 Å². The number of hydrogen-bond donors (Lipinski definition) is 1. The quantitative estimate of drug-likeness (QED) is 0.902. The van der Waals surface area contributed by atoms with E-state index in [-0.39, 0.29) is 0 Å². The van der Waals surface area contributed by atoms with Crippen molar-refractivity contribution in [3.05, 3.63) is 21.9 Å². The van der Waals surface area contributed by atoms with Crippen LogP contribution >= 0.6 is 11.3 Å². The maximum atomic E-state index is 3.83. The number of piperazine rings is 1. The smallest absolute Gasteiger partial charge is 0.0332 e. The Bertz CT molecular complexity index is 436. The van der Waals surface area contributed by atoms with Crippen molar-refractivity contribution in [2.24, 2.45) is 5.92 Å². The van der Waals surface area contributed by atoms with Gasteiger partial charge in [0.25, 0.3) is 0 Å². The van der Waals surface area contributed by atoms with E-state index in [9.17, 15) is 0 Å². The zero-order valence-corrected chi connectivity index (χ0v) is 14.4. The third kappa shape index (κ3) is 3.88. The number of thiophene rings is 1. The van der Waals surface area contributed by atoms with Gasteiger partial charge < -0.3 is 5.32 Å². The van der Waals surface area contributed by atoms with Gasteiger partial charge in [-0.2, -0.15) is 0 Å². The average Bonchev–Trinajstić information content (AvgIpc) is 2.98. The minimum atomic E-state index is 0.664. The predicted molar refractivity (Wildman–Crippen MR) is 91.9 cm³/mol. The summed E-state index contributed by atoms with van der Waals surface area (Å²) in [6, 6.07) is 6.04. The van der Waals surface area contributed by atoms with Crippen LogP contribution in [0.3, 0.4) is 0 Å². The van der Waals surface area contributed by atoms with Crippen LogP contribution in [-0.4, -0.2) is 30.1 Å². The maximum Gasteiger partial charge on any atom is 0.0332 e. The van der Waals surface area contributed by atoms with E-state index in [0.717, 1.165) is 25.0 Å². The van der Waals surface area contributed by atoms with Crippen molar-refractivity contribution in [3.8, 4) is 0 Å². The van der Waals surface area contributed by atoms with Gasteiger partial charge in [0, 0.05) is 41.5 Å². The van der Waals surface area contributed by atoms with Gasteiger partial charge in [0.05, 0.1) is 0 Å². The summed E-state index contributed by atoms with van der Waals surface area (Å²) in [4.78, 5) is 5.78. The lowest BCUT2D eigenvalue weighted by atomic mass is 9.82. The Hall–Kier alpha value is -0.380. The SMILES string of the molecule is CCc1ccc(CN2CC(C3CCCCC3)NCC2C)s1. The Morgan fingerprint density at radius 2 is 1.95 bits per heavy atom. The molecule has 3 heteroatoms. The molecule has 1 aromatic rings. The minimum Gasteiger partial charge on any atom is -0.311 e. The molecule has 1 aromatic heterocycles. The molecule has 118 valence electrons. The number of nitrogens with zero attached hydrogens (tertiary/aromatic N) is 1. The Morgan fingerprint density at radius 3 is 2.67 bits per heavy atom. The van der Waals surface area contributed by atoms with Gasteiger partial charge >= 0.3 is 0 Å². The van der Waals surface area contributed by atoms with Crippen LogP contribution < -0.4 is 5.32 Å². The molecule has 3 rings (SSSR count). The lowest BCUT2D eigenvalue weighted by Crippen LogP contribution is -2.57. The normalized spacial score (nSPS) is 28.9. The highest BCUT2D eigenvalue weighted by atomic mass is 32.1. The molecule has 1 aliphatic heterocycles. The molecule has 2 atom stereocenters. The molecular formula is C18H30N2S. The fourth-order valence-corrected chi connectivity index (χ4v) is 4.90. The molecule has 0 aromatic carbocycles. The Balaban J connectivity index is 1.60. The highest BCUT2D eigenvalue weighted by Crippen LogP contribution is 2.29. The molecular weight excluding hydrogens is 276 g/mol. The third-order valence-electron chi connectivity index (χ3n) is 5.37. The second-order valence-corrected chi connectivity index (χ2v) is 8.17. The van der Waals surface area contributed by atoms with Crippen LogP contribution in [0, 0.1) is 5.92 Å². The van der Waals surface area contributed by atoms with Crippen LogP contribution in [0.25, 0.3) is 0 Å². The first-order valence-corrected chi connectivity index (χ1v) is 9.63. The third-order valence-corrected chi connectivity index (χ3v) is 6.59. The molecule has 0 bridgehead atoms. The molecule has 2 heterocycles. The predicted octanol–water partition coefficient (Wildman–Crippen LogP) is 4.05. The summed E-state index contributed by atoms with van der Waals surface area (Å²) in [5.41, 5.74) is 0. The zero-order chi connectivity index (χ0) is 14.7. The standard InChI is InChI=1S/C18H30N2S/c1-3-16-9-10-17(21-16)12-20-13-18(19-11-14(20)2)15-7-5-4-6-8-15/h9-10,14-15,18-19H,3-8,11-13H2,1-2H3. The molecule has 0 spiro atoms. The molecule has 0 amide bonds.